The van der Waals surface area contributed by atoms with Gasteiger partial charge in [-0.1, -0.05) is 31.7 Å². The monoisotopic (exact) mass is 468 g/mol. The van der Waals surface area contributed by atoms with Crippen LogP contribution in [-0.4, -0.2) is 45.7 Å². The number of carbonyl (C=O) groups excluding carboxylic acids is 1. The zero-order chi connectivity index (χ0) is 23.3. The second-order valence-corrected chi connectivity index (χ2v) is 8.54. The van der Waals surface area contributed by atoms with E-state index in [1.165, 1.54) is 12.1 Å². The minimum Gasteiger partial charge on any atom is -0.325 e. The Balaban J connectivity index is 1.68. The Bertz CT molecular complexity index is 1020. The van der Waals surface area contributed by atoms with Crippen LogP contribution in [0.1, 0.15) is 37.1 Å². The van der Waals surface area contributed by atoms with Gasteiger partial charge < -0.3 is 10.2 Å². The highest BCUT2D eigenvalue weighted by atomic mass is 32.2. The van der Waals surface area contributed by atoms with Crippen molar-refractivity contribution in [3.63, 3.8) is 0 Å². The Hall–Kier alpha value is -2.33. The fourth-order valence-corrected chi connectivity index (χ4v) is 4.70. The molecular weight excluding hydrogens is 441 g/mol. The van der Waals surface area contributed by atoms with Gasteiger partial charge in [0, 0.05) is 30.0 Å². The van der Waals surface area contributed by atoms with Crippen molar-refractivity contribution in [2.75, 3.05) is 30.7 Å². The lowest BCUT2D eigenvalue weighted by Crippen LogP contribution is -2.34. The molecule has 0 bridgehead atoms. The lowest BCUT2D eigenvalue weighted by atomic mass is 10.2. The summed E-state index contributed by atoms with van der Waals surface area (Å²) in [5.41, 5.74) is 0.920. The van der Waals surface area contributed by atoms with E-state index in [1.54, 1.807) is 4.57 Å². The Morgan fingerprint density at radius 2 is 2.00 bits per heavy atom. The molecule has 10 heteroatoms. The van der Waals surface area contributed by atoms with Crippen LogP contribution in [-0.2, 0) is 30.4 Å². The maximum atomic E-state index is 12.9. The molecule has 0 spiro atoms. The molecule has 2 aromatic rings. The van der Waals surface area contributed by atoms with E-state index in [2.05, 4.69) is 29.0 Å². The Morgan fingerprint density at radius 1 is 1.25 bits per heavy atom. The standard InChI is InChI=1S/C22H27F3N4O2S/c1-3-28(4-2)11-12-29-18-10-6-9-17(18)20(27-21(29)31)32-14-19(30)26-16-8-5-7-15(13-16)22(23,24)25/h5,7-8,13H,3-4,6,9-12,14H2,1-2H3,(H,26,30). The minimum absolute atomic E-state index is 0.0431. The van der Waals surface area contributed by atoms with Crippen molar-refractivity contribution in [3.05, 3.63) is 51.6 Å². The first-order chi connectivity index (χ1) is 15.2. The number of hydrogen-bond acceptors (Lipinski definition) is 5. The van der Waals surface area contributed by atoms with Gasteiger partial charge in [0.25, 0.3) is 0 Å². The zero-order valence-electron chi connectivity index (χ0n) is 18.2. The summed E-state index contributed by atoms with van der Waals surface area (Å²) in [6.07, 6.45) is -1.95. The maximum Gasteiger partial charge on any atom is 0.416 e. The molecule has 1 aliphatic carbocycles. The Morgan fingerprint density at radius 3 is 2.69 bits per heavy atom. The minimum atomic E-state index is -4.48. The van der Waals surface area contributed by atoms with E-state index in [9.17, 15) is 22.8 Å². The van der Waals surface area contributed by atoms with Crippen LogP contribution in [0.15, 0.2) is 34.1 Å². The molecule has 174 valence electrons. The number of anilines is 1. The van der Waals surface area contributed by atoms with Gasteiger partial charge in [-0.3, -0.25) is 9.36 Å². The van der Waals surface area contributed by atoms with E-state index in [0.717, 1.165) is 74.0 Å². The molecule has 3 rings (SSSR count). The molecule has 32 heavy (non-hydrogen) atoms. The quantitative estimate of drug-likeness (QED) is 0.448. The molecule has 1 aromatic heterocycles. The maximum absolute atomic E-state index is 12.9. The molecular formula is C22H27F3N4O2S. The zero-order valence-corrected chi connectivity index (χ0v) is 19.0. The van der Waals surface area contributed by atoms with Gasteiger partial charge in [0.1, 0.15) is 5.03 Å². The number of alkyl halides is 3. The van der Waals surface area contributed by atoms with Crippen molar-refractivity contribution in [2.24, 2.45) is 0 Å². The molecule has 0 radical (unpaired) electrons. The van der Waals surface area contributed by atoms with E-state index in [1.807, 2.05) is 0 Å². The van der Waals surface area contributed by atoms with Crippen LogP contribution in [0.5, 0.6) is 0 Å². The summed E-state index contributed by atoms with van der Waals surface area (Å²) >= 11 is 1.15. The molecule has 1 amide bonds. The third-order valence-corrected chi connectivity index (χ3v) is 6.57. The average Bonchev–Trinajstić information content (AvgIpc) is 3.23. The van der Waals surface area contributed by atoms with Gasteiger partial charge >= 0.3 is 11.9 Å². The Labute approximate surface area is 189 Å². The number of benzene rings is 1. The molecule has 0 aliphatic heterocycles. The van der Waals surface area contributed by atoms with Crippen LogP contribution in [0.3, 0.4) is 0 Å². The van der Waals surface area contributed by atoms with Crippen molar-refractivity contribution in [1.29, 1.82) is 0 Å². The van der Waals surface area contributed by atoms with Crippen LogP contribution < -0.4 is 11.0 Å². The number of nitrogens with one attached hydrogen (secondary N) is 1. The van der Waals surface area contributed by atoms with Crippen LogP contribution in [0.2, 0.25) is 0 Å². The summed E-state index contributed by atoms with van der Waals surface area (Å²) in [5.74, 6) is -0.493. The normalized spacial score (nSPS) is 13.4. The number of thioether (sulfide) groups is 1. The summed E-state index contributed by atoms with van der Waals surface area (Å²) in [5, 5.41) is 3.03. The van der Waals surface area contributed by atoms with Crippen molar-refractivity contribution >= 4 is 23.4 Å². The van der Waals surface area contributed by atoms with Gasteiger partial charge in [-0.2, -0.15) is 18.2 Å². The molecule has 0 atom stereocenters. The second kappa shape index (κ2) is 10.5. The van der Waals surface area contributed by atoms with Crippen molar-refractivity contribution < 1.29 is 18.0 Å². The van der Waals surface area contributed by atoms with E-state index >= 15 is 0 Å². The molecule has 0 unspecified atom stereocenters. The SMILES string of the molecule is CCN(CC)CCn1c2c(c(SCC(=O)Nc3cccc(C(F)(F)F)c3)nc1=O)CCC2. The number of hydrogen-bond donors (Lipinski definition) is 1. The lowest BCUT2D eigenvalue weighted by molar-refractivity contribution is -0.137. The first-order valence-corrected chi connectivity index (χ1v) is 11.7. The highest BCUT2D eigenvalue weighted by molar-refractivity contribution is 8.00. The van der Waals surface area contributed by atoms with Crippen molar-refractivity contribution in [3.8, 4) is 0 Å². The topological polar surface area (TPSA) is 67.2 Å². The van der Waals surface area contributed by atoms with Gasteiger partial charge in [0.2, 0.25) is 5.91 Å². The smallest absolute Gasteiger partial charge is 0.325 e. The summed E-state index contributed by atoms with van der Waals surface area (Å²) in [7, 11) is 0. The predicted molar refractivity (Wildman–Crippen MR) is 119 cm³/mol. The molecule has 0 fully saturated rings. The summed E-state index contributed by atoms with van der Waals surface area (Å²) in [4.78, 5) is 31.4. The molecule has 0 saturated carbocycles. The van der Waals surface area contributed by atoms with Gasteiger partial charge in [-0.05, 0) is 50.6 Å². The summed E-state index contributed by atoms with van der Waals surface area (Å²) in [6.45, 7) is 7.34. The number of likely N-dealkylation sites (N-methyl/N-ethyl adjacent to an activating group) is 1. The Kier molecular flexibility index (Phi) is 8.00. The first-order valence-electron chi connectivity index (χ1n) is 10.7. The van der Waals surface area contributed by atoms with Gasteiger partial charge in [0.15, 0.2) is 0 Å². The van der Waals surface area contributed by atoms with E-state index in [-0.39, 0.29) is 17.1 Å². The van der Waals surface area contributed by atoms with Gasteiger partial charge in [-0.25, -0.2) is 4.79 Å². The first kappa shape index (κ1) is 24.3. The van der Waals surface area contributed by atoms with Crippen molar-refractivity contribution in [1.82, 2.24) is 14.5 Å². The van der Waals surface area contributed by atoms with Crippen LogP contribution in [0.4, 0.5) is 18.9 Å². The predicted octanol–water partition coefficient (Wildman–Crippen LogP) is 3.82. The number of fused-ring (bicyclic) bond motifs is 1. The van der Waals surface area contributed by atoms with Gasteiger partial charge in [0.05, 0.1) is 11.3 Å². The molecule has 1 N–H and O–H groups in total. The average molecular weight is 469 g/mol. The number of amides is 1. The fourth-order valence-electron chi connectivity index (χ4n) is 3.82. The summed E-state index contributed by atoms with van der Waals surface area (Å²) < 4.78 is 40.3. The highest BCUT2D eigenvalue weighted by Gasteiger charge is 2.30. The highest BCUT2D eigenvalue weighted by Crippen LogP contribution is 2.31. The van der Waals surface area contributed by atoms with Crippen molar-refractivity contribution in [2.45, 2.75) is 50.9 Å². The fraction of sp³-hybridized carbons (Fsp3) is 0.500. The number of halogens is 3. The third kappa shape index (κ3) is 5.92. The van der Waals surface area contributed by atoms with E-state index in [0.29, 0.717) is 11.6 Å². The number of aromatic nitrogens is 2. The number of nitrogens with zero attached hydrogens (tertiary/aromatic N) is 3. The van der Waals surface area contributed by atoms with Crippen LogP contribution >= 0.6 is 11.8 Å². The third-order valence-electron chi connectivity index (χ3n) is 5.55. The molecule has 0 saturated heterocycles. The number of rotatable bonds is 9. The van der Waals surface area contributed by atoms with Gasteiger partial charge in [-0.15, -0.1) is 0 Å². The van der Waals surface area contributed by atoms with E-state index in [4.69, 9.17) is 0 Å². The van der Waals surface area contributed by atoms with Crippen LogP contribution in [0.25, 0.3) is 0 Å². The molecule has 1 aromatic carbocycles. The largest absolute Gasteiger partial charge is 0.416 e. The van der Waals surface area contributed by atoms with E-state index < -0.39 is 17.6 Å². The molecule has 6 nitrogen and oxygen atoms in total. The second-order valence-electron chi connectivity index (χ2n) is 7.57. The molecule has 1 heterocycles. The summed E-state index contributed by atoms with van der Waals surface area (Å²) in [6, 6.07) is 4.51. The molecule has 1 aliphatic rings. The van der Waals surface area contributed by atoms with Crippen LogP contribution in [0, 0.1) is 0 Å². The lowest BCUT2D eigenvalue weighted by Gasteiger charge is -2.20. The number of carbonyl (C=O) groups is 1.